The van der Waals surface area contributed by atoms with Crippen LogP contribution in [0.2, 0.25) is 0 Å². The van der Waals surface area contributed by atoms with Crippen molar-refractivity contribution in [3.05, 3.63) is 39.4 Å². The number of thioether (sulfide) groups is 1. The van der Waals surface area contributed by atoms with Gasteiger partial charge in [0, 0.05) is 0 Å². The summed E-state index contributed by atoms with van der Waals surface area (Å²) in [4.78, 5) is 24.5. The van der Waals surface area contributed by atoms with E-state index in [1.54, 1.807) is 12.1 Å². The van der Waals surface area contributed by atoms with E-state index in [0.29, 0.717) is 10.7 Å². The Morgan fingerprint density at radius 2 is 2.32 bits per heavy atom. The molecule has 1 saturated heterocycles. The van der Waals surface area contributed by atoms with Gasteiger partial charge in [0.15, 0.2) is 5.75 Å². The predicted octanol–water partition coefficient (Wildman–Crippen LogP) is 2.23. The van der Waals surface area contributed by atoms with Gasteiger partial charge in [-0.3, -0.25) is 19.8 Å². The zero-order valence-electron chi connectivity index (χ0n) is 11.3. The number of para-hydroxylation sites is 1. The number of hydrogen-bond acceptors (Lipinski definition) is 8. The van der Waals surface area contributed by atoms with E-state index >= 15 is 0 Å². The molecule has 0 radical (unpaired) electrons. The molecule has 1 aromatic heterocycles. The van der Waals surface area contributed by atoms with Crippen LogP contribution >= 0.6 is 23.1 Å². The third-order valence-electron chi connectivity index (χ3n) is 3.12. The Balaban J connectivity index is 2.10. The number of ether oxygens (including phenoxy) is 1. The summed E-state index contributed by atoms with van der Waals surface area (Å²) in [5.41, 5.74) is 1.80. The Bertz CT molecular complexity index is 722. The van der Waals surface area contributed by atoms with Crippen molar-refractivity contribution in [1.29, 1.82) is 0 Å². The van der Waals surface area contributed by atoms with Gasteiger partial charge in [-0.05, 0) is 12.1 Å². The number of benzene rings is 1. The van der Waals surface area contributed by atoms with Gasteiger partial charge in [0.05, 0.1) is 23.3 Å². The van der Waals surface area contributed by atoms with Crippen molar-refractivity contribution in [3.63, 3.8) is 0 Å². The van der Waals surface area contributed by atoms with Crippen LogP contribution in [-0.2, 0) is 4.79 Å². The van der Waals surface area contributed by atoms with Crippen LogP contribution < -0.4 is 9.64 Å². The Morgan fingerprint density at radius 3 is 2.95 bits per heavy atom. The Hall–Kier alpha value is -2.20. The molecule has 1 atom stereocenters. The first kappa shape index (κ1) is 14.7. The number of hydrogen-bond donors (Lipinski definition) is 0. The summed E-state index contributed by atoms with van der Waals surface area (Å²) >= 11 is 2.53. The lowest BCUT2D eigenvalue weighted by Gasteiger charge is -2.21. The van der Waals surface area contributed by atoms with Crippen LogP contribution in [0.1, 0.15) is 10.9 Å². The van der Waals surface area contributed by atoms with Crippen molar-refractivity contribution in [1.82, 2.24) is 10.2 Å². The molecule has 8 nitrogen and oxygen atoms in total. The monoisotopic (exact) mass is 338 g/mol. The van der Waals surface area contributed by atoms with Crippen molar-refractivity contribution in [2.75, 3.05) is 17.8 Å². The zero-order valence-corrected chi connectivity index (χ0v) is 13.0. The minimum absolute atomic E-state index is 0.133. The Labute approximate surface area is 133 Å². The second-order valence-electron chi connectivity index (χ2n) is 4.30. The van der Waals surface area contributed by atoms with E-state index < -0.39 is 10.3 Å². The van der Waals surface area contributed by atoms with Crippen molar-refractivity contribution >= 4 is 39.8 Å². The molecule has 22 heavy (non-hydrogen) atoms. The minimum Gasteiger partial charge on any atom is -0.490 e. The van der Waals surface area contributed by atoms with Crippen LogP contribution in [0.15, 0.2) is 23.7 Å². The second-order valence-corrected chi connectivity index (χ2v) is 6.18. The van der Waals surface area contributed by atoms with Gasteiger partial charge in [-0.15, -0.1) is 22.0 Å². The van der Waals surface area contributed by atoms with Gasteiger partial charge in [-0.2, -0.15) is 0 Å². The topological polar surface area (TPSA) is 98.5 Å². The van der Waals surface area contributed by atoms with Crippen LogP contribution in [0.5, 0.6) is 5.75 Å². The molecule has 0 saturated carbocycles. The highest BCUT2D eigenvalue weighted by Crippen LogP contribution is 2.47. The van der Waals surface area contributed by atoms with Crippen molar-refractivity contribution in [2.24, 2.45) is 0 Å². The number of nitro groups is 1. The first-order valence-corrected chi connectivity index (χ1v) is 8.07. The molecule has 10 heteroatoms. The molecule has 1 amide bonds. The average Bonchev–Trinajstić information content (AvgIpc) is 3.15. The number of carbonyl (C=O) groups is 1. The first-order chi connectivity index (χ1) is 10.6. The van der Waals surface area contributed by atoms with Gasteiger partial charge < -0.3 is 4.74 Å². The summed E-state index contributed by atoms with van der Waals surface area (Å²) in [6.07, 6.45) is 0. The van der Waals surface area contributed by atoms with E-state index in [0.717, 1.165) is 0 Å². The summed E-state index contributed by atoms with van der Waals surface area (Å²) < 4.78 is 5.08. The maximum Gasteiger partial charge on any atom is 0.317 e. The number of nitrogens with zero attached hydrogens (tertiary/aromatic N) is 4. The zero-order chi connectivity index (χ0) is 15.7. The molecule has 0 N–H and O–H groups in total. The molecule has 2 heterocycles. The third kappa shape index (κ3) is 2.40. The van der Waals surface area contributed by atoms with Gasteiger partial charge >= 0.3 is 5.69 Å². The summed E-state index contributed by atoms with van der Waals surface area (Å²) in [6, 6.07) is 4.83. The van der Waals surface area contributed by atoms with Crippen molar-refractivity contribution in [2.45, 2.75) is 5.37 Å². The summed E-state index contributed by atoms with van der Waals surface area (Å²) in [7, 11) is 1.38. The van der Waals surface area contributed by atoms with Crippen LogP contribution in [0.4, 0.5) is 10.8 Å². The Kier molecular flexibility index (Phi) is 3.94. The lowest BCUT2D eigenvalue weighted by atomic mass is 10.1. The number of methoxy groups -OCH3 is 1. The van der Waals surface area contributed by atoms with Crippen LogP contribution in [-0.4, -0.2) is 33.9 Å². The van der Waals surface area contributed by atoms with Crippen LogP contribution in [0, 0.1) is 10.1 Å². The van der Waals surface area contributed by atoms with E-state index in [-0.39, 0.29) is 23.1 Å². The number of carbonyl (C=O) groups excluding carboxylic acids is 1. The SMILES string of the molecule is COc1cccc([C@@H]2SCC(=O)N2c2nncs2)c1[N+](=O)[O-]. The van der Waals surface area contributed by atoms with Crippen molar-refractivity contribution in [3.8, 4) is 5.75 Å². The summed E-state index contributed by atoms with van der Waals surface area (Å²) in [5.74, 6) is 0.252. The number of rotatable bonds is 4. The van der Waals surface area contributed by atoms with Crippen LogP contribution in [0.25, 0.3) is 0 Å². The van der Waals surface area contributed by atoms with Gasteiger partial charge in [-0.25, -0.2) is 0 Å². The third-order valence-corrected chi connectivity index (χ3v) is 5.00. The molecule has 3 rings (SSSR count). The highest BCUT2D eigenvalue weighted by atomic mass is 32.2. The highest BCUT2D eigenvalue weighted by Gasteiger charge is 2.40. The number of aromatic nitrogens is 2. The molecular weight excluding hydrogens is 328 g/mol. The molecule has 2 aromatic rings. The maximum absolute atomic E-state index is 12.1. The molecule has 1 fully saturated rings. The largest absolute Gasteiger partial charge is 0.490 e. The molecule has 0 spiro atoms. The summed E-state index contributed by atoms with van der Waals surface area (Å²) in [6.45, 7) is 0. The van der Waals surface area contributed by atoms with Gasteiger partial charge in [0.1, 0.15) is 10.9 Å². The number of amides is 1. The van der Waals surface area contributed by atoms with E-state index in [9.17, 15) is 14.9 Å². The normalized spacial score (nSPS) is 17.8. The Morgan fingerprint density at radius 1 is 1.50 bits per heavy atom. The standard InChI is InChI=1S/C12H10N4O4S2/c1-20-8-4-2-3-7(10(8)16(18)19)11-15(9(17)5-21-11)12-14-13-6-22-12/h2-4,6,11H,5H2,1H3/t11-/m0/s1. The number of nitro benzene ring substituents is 1. The quantitative estimate of drug-likeness (QED) is 0.622. The number of anilines is 1. The fourth-order valence-corrected chi connectivity index (χ4v) is 4.08. The molecule has 0 bridgehead atoms. The van der Waals surface area contributed by atoms with Crippen molar-refractivity contribution < 1.29 is 14.5 Å². The molecule has 1 aliphatic heterocycles. The van der Waals surface area contributed by atoms with Gasteiger partial charge in [-0.1, -0.05) is 17.4 Å². The minimum atomic E-state index is -0.518. The molecule has 0 aliphatic carbocycles. The fraction of sp³-hybridized carbons (Fsp3) is 0.250. The van der Waals surface area contributed by atoms with E-state index in [4.69, 9.17) is 4.74 Å². The van der Waals surface area contributed by atoms with Gasteiger partial charge in [0.2, 0.25) is 11.0 Å². The predicted molar refractivity (Wildman–Crippen MR) is 82.2 cm³/mol. The van der Waals surface area contributed by atoms with Crippen LogP contribution in [0.3, 0.4) is 0 Å². The first-order valence-electron chi connectivity index (χ1n) is 6.14. The lowest BCUT2D eigenvalue weighted by Crippen LogP contribution is -2.28. The molecule has 1 aliphatic rings. The van der Waals surface area contributed by atoms with E-state index in [2.05, 4.69) is 10.2 Å². The van der Waals surface area contributed by atoms with E-state index in [1.165, 1.54) is 46.7 Å². The van der Waals surface area contributed by atoms with Gasteiger partial charge in [0.25, 0.3) is 0 Å². The summed E-state index contributed by atoms with van der Waals surface area (Å²) in [5, 5.41) is 19.0. The highest BCUT2D eigenvalue weighted by molar-refractivity contribution is 8.00. The molecule has 0 unspecified atom stereocenters. The average molecular weight is 338 g/mol. The lowest BCUT2D eigenvalue weighted by molar-refractivity contribution is -0.386. The fourth-order valence-electron chi connectivity index (χ4n) is 2.23. The van der Waals surface area contributed by atoms with E-state index in [1.807, 2.05) is 0 Å². The second kappa shape index (κ2) is 5.89. The molecule has 114 valence electrons. The smallest absolute Gasteiger partial charge is 0.317 e. The maximum atomic E-state index is 12.1. The molecular formula is C12H10N4O4S2. The molecule has 1 aromatic carbocycles.